The molecule has 5 nitrogen and oxygen atoms in total. The van der Waals surface area contributed by atoms with Gasteiger partial charge in [0.1, 0.15) is 18.0 Å². The first-order valence-corrected chi connectivity index (χ1v) is 7.50. The first kappa shape index (κ1) is 13.4. The van der Waals surface area contributed by atoms with E-state index in [1.165, 1.54) is 24.6 Å². The number of anilines is 2. The SMILES string of the molecule is CNc1ncnc(NCCN2CCSCC2)c1C. The Labute approximate surface area is 113 Å². The van der Waals surface area contributed by atoms with E-state index in [0.717, 1.165) is 30.3 Å². The molecule has 1 aromatic heterocycles. The van der Waals surface area contributed by atoms with Crippen LogP contribution in [0.3, 0.4) is 0 Å². The predicted molar refractivity (Wildman–Crippen MR) is 78.6 cm³/mol. The van der Waals surface area contributed by atoms with E-state index in [2.05, 4.69) is 25.5 Å². The maximum absolute atomic E-state index is 4.28. The fourth-order valence-electron chi connectivity index (χ4n) is 2.04. The monoisotopic (exact) mass is 267 g/mol. The molecule has 1 aromatic rings. The van der Waals surface area contributed by atoms with Crippen LogP contribution in [-0.4, -0.2) is 59.6 Å². The highest BCUT2D eigenvalue weighted by molar-refractivity contribution is 7.99. The summed E-state index contributed by atoms with van der Waals surface area (Å²) in [5.74, 6) is 4.34. The molecule has 0 spiro atoms. The van der Waals surface area contributed by atoms with Crippen molar-refractivity contribution in [2.45, 2.75) is 6.92 Å². The molecule has 1 aliphatic heterocycles. The summed E-state index contributed by atoms with van der Waals surface area (Å²) in [5, 5.41) is 6.47. The summed E-state index contributed by atoms with van der Waals surface area (Å²) in [6, 6.07) is 0. The van der Waals surface area contributed by atoms with Gasteiger partial charge in [-0.2, -0.15) is 11.8 Å². The molecule has 2 heterocycles. The Balaban J connectivity index is 1.82. The average Bonchev–Trinajstić information content (AvgIpc) is 2.42. The zero-order chi connectivity index (χ0) is 12.8. The summed E-state index contributed by atoms with van der Waals surface area (Å²) in [4.78, 5) is 11.0. The molecule has 0 radical (unpaired) electrons. The minimum Gasteiger partial charge on any atom is -0.373 e. The van der Waals surface area contributed by atoms with Crippen molar-refractivity contribution in [2.75, 3.05) is 55.4 Å². The molecule has 0 bridgehead atoms. The maximum atomic E-state index is 4.28. The number of thioether (sulfide) groups is 1. The van der Waals surface area contributed by atoms with Gasteiger partial charge in [-0.1, -0.05) is 0 Å². The van der Waals surface area contributed by atoms with Crippen LogP contribution in [0, 0.1) is 6.92 Å². The molecule has 6 heteroatoms. The second-order valence-corrected chi connectivity index (χ2v) is 5.55. The Morgan fingerprint density at radius 2 is 2.00 bits per heavy atom. The van der Waals surface area contributed by atoms with Crippen molar-refractivity contribution in [1.82, 2.24) is 14.9 Å². The van der Waals surface area contributed by atoms with Crippen molar-refractivity contribution in [3.05, 3.63) is 11.9 Å². The zero-order valence-electron chi connectivity index (χ0n) is 11.1. The number of hydrogen-bond donors (Lipinski definition) is 2. The number of nitrogens with zero attached hydrogens (tertiary/aromatic N) is 3. The molecule has 1 aliphatic rings. The van der Waals surface area contributed by atoms with Crippen molar-refractivity contribution < 1.29 is 0 Å². The average molecular weight is 267 g/mol. The van der Waals surface area contributed by atoms with Crippen LogP contribution in [0.5, 0.6) is 0 Å². The number of aromatic nitrogens is 2. The fraction of sp³-hybridized carbons (Fsp3) is 0.667. The molecule has 100 valence electrons. The summed E-state index contributed by atoms with van der Waals surface area (Å²) in [6.45, 7) is 6.46. The normalized spacial score (nSPS) is 16.6. The van der Waals surface area contributed by atoms with E-state index in [0.29, 0.717) is 0 Å². The van der Waals surface area contributed by atoms with Crippen molar-refractivity contribution in [3.63, 3.8) is 0 Å². The Kier molecular flexibility index (Phi) is 5.07. The van der Waals surface area contributed by atoms with E-state index >= 15 is 0 Å². The van der Waals surface area contributed by atoms with E-state index in [4.69, 9.17) is 0 Å². The van der Waals surface area contributed by atoms with Crippen molar-refractivity contribution in [2.24, 2.45) is 0 Å². The highest BCUT2D eigenvalue weighted by atomic mass is 32.2. The molecule has 0 aromatic carbocycles. The van der Waals surface area contributed by atoms with Gasteiger partial charge in [0.25, 0.3) is 0 Å². The van der Waals surface area contributed by atoms with Crippen LogP contribution in [0.4, 0.5) is 11.6 Å². The van der Waals surface area contributed by atoms with Gasteiger partial charge < -0.3 is 10.6 Å². The lowest BCUT2D eigenvalue weighted by Crippen LogP contribution is -2.36. The van der Waals surface area contributed by atoms with E-state index in [1.807, 2.05) is 25.7 Å². The number of rotatable bonds is 5. The minimum absolute atomic E-state index is 0.891. The van der Waals surface area contributed by atoms with Crippen LogP contribution < -0.4 is 10.6 Å². The van der Waals surface area contributed by atoms with Gasteiger partial charge in [-0.3, -0.25) is 4.90 Å². The number of nitrogens with one attached hydrogen (secondary N) is 2. The van der Waals surface area contributed by atoms with Gasteiger partial charge in [-0.25, -0.2) is 9.97 Å². The largest absolute Gasteiger partial charge is 0.373 e. The first-order valence-electron chi connectivity index (χ1n) is 6.34. The van der Waals surface area contributed by atoms with E-state index in [1.54, 1.807) is 6.33 Å². The van der Waals surface area contributed by atoms with Gasteiger partial charge in [0.2, 0.25) is 0 Å². The molecular formula is C12H21N5S. The highest BCUT2D eigenvalue weighted by Crippen LogP contribution is 2.17. The molecule has 1 saturated heterocycles. The molecule has 18 heavy (non-hydrogen) atoms. The van der Waals surface area contributed by atoms with Crippen LogP contribution >= 0.6 is 11.8 Å². The summed E-state index contributed by atoms with van der Waals surface area (Å²) in [5.41, 5.74) is 1.08. The van der Waals surface area contributed by atoms with Crippen LogP contribution in [0.25, 0.3) is 0 Å². The molecule has 0 unspecified atom stereocenters. The summed E-state index contributed by atoms with van der Waals surface area (Å²) in [7, 11) is 1.88. The Morgan fingerprint density at radius 3 is 2.72 bits per heavy atom. The van der Waals surface area contributed by atoms with Crippen molar-refractivity contribution in [1.29, 1.82) is 0 Å². The lowest BCUT2D eigenvalue weighted by atomic mass is 10.3. The molecule has 1 fully saturated rings. The summed E-state index contributed by atoms with van der Waals surface area (Å²) in [6.07, 6.45) is 1.60. The van der Waals surface area contributed by atoms with Gasteiger partial charge in [0, 0.05) is 50.3 Å². The van der Waals surface area contributed by atoms with Crippen LogP contribution in [0.15, 0.2) is 6.33 Å². The zero-order valence-corrected chi connectivity index (χ0v) is 11.9. The second kappa shape index (κ2) is 6.80. The fourth-order valence-corrected chi connectivity index (χ4v) is 3.02. The van der Waals surface area contributed by atoms with Gasteiger partial charge in [-0.05, 0) is 6.92 Å². The minimum atomic E-state index is 0.891. The summed E-state index contributed by atoms with van der Waals surface area (Å²) < 4.78 is 0. The van der Waals surface area contributed by atoms with E-state index in [9.17, 15) is 0 Å². The van der Waals surface area contributed by atoms with E-state index < -0.39 is 0 Å². The van der Waals surface area contributed by atoms with E-state index in [-0.39, 0.29) is 0 Å². The number of hydrogen-bond acceptors (Lipinski definition) is 6. The molecular weight excluding hydrogens is 246 g/mol. The molecule has 0 aliphatic carbocycles. The first-order chi connectivity index (χ1) is 8.81. The van der Waals surface area contributed by atoms with Crippen LogP contribution in [0.2, 0.25) is 0 Å². The third-order valence-electron chi connectivity index (χ3n) is 3.15. The Hall–Kier alpha value is -1.01. The molecule has 2 N–H and O–H groups in total. The quantitative estimate of drug-likeness (QED) is 0.838. The van der Waals surface area contributed by atoms with Crippen LogP contribution in [-0.2, 0) is 0 Å². The smallest absolute Gasteiger partial charge is 0.134 e. The Bertz CT molecular complexity index is 379. The van der Waals surface area contributed by atoms with Crippen molar-refractivity contribution in [3.8, 4) is 0 Å². The second-order valence-electron chi connectivity index (χ2n) is 4.33. The lowest BCUT2D eigenvalue weighted by Gasteiger charge is -2.26. The molecule has 0 amide bonds. The van der Waals surface area contributed by atoms with Crippen molar-refractivity contribution >= 4 is 23.4 Å². The lowest BCUT2D eigenvalue weighted by molar-refractivity contribution is 0.314. The highest BCUT2D eigenvalue weighted by Gasteiger charge is 2.10. The predicted octanol–water partition coefficient (Wildman–Crippen LogP) is 1.29. The third-order valence-corrected chi connectivity index (χ3v) is 4.09. The Morgan fingerprint density at radius 1 is 1.28 bits per heavy atom. The van der Waals surface area contributed by atoms with Gasteiger partial charge in [0.15, 0.2) is 0 Å². The maximum Gasteiger partial charge on any atom is 0.134 e. The van der Waals surface area contributed by atoms with Gasteiger partial charge >= 0.3 is 0 Å². The van der Waals surface area contributed by atoms with Gasteiger partial charge in [0.05, 0.1) is 0 Å². The molecule has 2 rings (SSSR count). The van der Waals surface area contributed by atoms with Gasteiger partial charge in [-0.15, -0.1) is 0 Å². The standard InChI is InChI=1S/C12H21N5S/c1-10-11(13-2)15-9-16-12(10)14-3-4-17-5-7-18-8-6-17/h9H,3-8H2,1-2H3,(H2,13,14,15,16). The molecule has 0 atom stereocenters. The summed E-state index contributed by atoms with van der Waals surface area (Å²) >= 11 is 2.04. The third kappa shape index (κ3) is 3.49. The topological polar surface area (TPSA) is 53.1 Å². The van der Waals surface area contributed by atoms with Crippen LogP contribution in [0.1, 0.15) is 5.56 Å². The molecule has 0 saturated carbocycles.